The number of aliphatic hydroxyl groups is 1. The largest absolute Gasteiger partial charge is 0.389 e. The molecule has 1 saturated heterocycles. The number of nitrogens with zero attached hydrogens (tertiary/aromatic N) is 3. The maximum Gasteiger partial charge on any atom is 0.121 e. The van der Waals surface area contributed by atoms with Crippen molar-refractivity contribution in [2.45, 2.75) is 50.3 Å². The number of hydrogen-bond acceptors (Lipinski definition) is 5. The molecular weight excluding hydrogens is 324 g/mol. The molecule has 0 amide bonds. The van der Waals surface area contributed by atoms with Crippen molar-refractivity contribution in [3.8, 4) is 0 Å². The van der Waals surface area contributed by atoms with Crippen LogP contribution in [0.3, 0.4) is 0 Å². The Morgan fingerprint density at radius 1 is 1.19 bits per heavy atom. The summed E-state index contributed by atoms with van der Waals surface area (Å²) in [6.45, 7) is 2.87. The molecule has 1 aromatic carbocycles. The molecule has 26 heavy (non-hydrogen) atoms. The minimum absolute atomic E-state index is 0.129. The number of hydrazine groups is 1. The first-order chi connectivity index (χ1) is 12.6. The van der Waals surface area contributed by atoms with Crippen LogP contribution in [0.25, 0.3) is 0 Å². The molecule has 3 N–H and O–H groups in total. The van der Waals surface area contributed by atoms with Crippen LogP contribution in [0.1, 0.15) is 37.7 Å². The summed E-state index contributed by atoms with van der Waals surface area (Å²) >= 11 is 0. The van der Waals surface area contributed by atoms with Gasteiger partial charge in [-0.3, -0.25) is 14.9 Å². The third-order valence-corrected chi connectivity index (χ3v) is 5.71. The number of fused-ring (bicyclic) bond motifs is 1. The van der Waals surface area contributed by atoms with Crippen molar-refractivity contribution in [3.05, 3.63) is 59.8 Å². The SMILES string of the molecule is NN1C2=CC=CCC2N=C1CC1(O)CCCN(Cc2ccccc2)CC1. The monoisotopic (exact) mass is 352 g/mol. The Morgan fingerprint density at radius 2 is 2.04 bits per heavy atom. The standard InChI is InChI=1S/C21H28N4O/c22-25-19-10-5-4-9-18(19)23-20(25)15-21(26)11-6-13-24(14-12-21)16-17-7-2-1-3-8-17/h1-5,7-8,10,18,26H,6,9,11-16,22H2. The van der Waals surface area contributed by atoms with Gasteiger partial charge in [-0.15, -0.1) is 0 Å². The smallest absolute Gasteiger partial charge is 0.121 e. The fourth-order valence-electron chi connectivity index (χ4n) is 4.19. The van der Waals surface area contributed by atoms with E-state index in [-0.39, 0.29) is 6.04 Å². The van der Waals surface area contributed by atoms with Crippen molar-refractivity contribution < 1.29 is 5.11 Å². The number of allylic oxidation sites excluding steroid dienone is 2. The highest BCUT2D eigenvalue weighted by atomic mass is 16.3. The van der Waals surface area contributed by atoms with Crippen LogP contribution < -0.4 is 5.84 Å². The van der Waals surface area contributed by atoms with Crippen LogP contribution in [0, 0.1) is 0 Å². The molecule has 1 aromatic rings. The molecule has 0 radical (unpaired) electrons. The molecule has 0 spiro atoms. The third-order valence-electron chi connectivity index (χ3n) is 5.71. The zero-order chi connectivity index (χ0) is 18.0. The van der Waals surface area contributed by atoms with Crippen molar-refractivity contribution in [2.24, 2.45) is 10.8 Å². The van der Waals surface area contributed by atoms with E-state index in [0.29, 0.717) is 6.42 Å². The average Bonchev–Trinajstić information content (AvgIpc) is 2.84. The summed E-state index contributed by atoms with van der Waals surface area (Å²) in [7, 11) is 0. The van der Waals surface area contributed by atoms with Gasteiger partial charge in [0.1, 0.15) is 5.84 Å². The Bertz CT molecular complexity index is 727. The van der Waals surface area contributed by atoms with Gasteiger partial charge in [-0.1, -0.05) is 42.5 Å². The predicted octanol–water partition coefficient (Wildman–Crippen LogP) is 2.59. The van der Waals surface area contributed by atoms with Gasteiger partial charge < -0.3 is 5.11 Å². The van der Waals surface area contributed by atoms with Crippen LogP contribution in [-0.2, 0) is 6.54 Å². The van der Waals surface area contributed by atoms with Crippen molar-refractivity contribution in [3.63, 3.8) is 0 Å². The molecule has 0 saturated carbocycles. The second kappa shape index (κ2) is 7.35. The number of aliphatic imine (C=N–C) groups is 1. The highest BCUT2D eigenvalue weighted by molar-refractivity contribution is 5.87. The molecule has 1 aliphatic carbocycles. The Labute approximate surface area is 155 Å². The Balaban J connectivity index is 1.38. The summed E-state index contributed by atoms with van der Waals surface area (Å²) in [6.07, 6.45) is 10.2. The lowest BCUT2D eigenvalue weighted by molar-refractivity contribution is 0.0305. The minimum Gasteiger partial charge on any atom is -0.389 e. The van der Waals surface area contributed by atoms with Gasteiger partial charge in [-0.2, -0.15) is 0 Å². The van der Waals surface area contributed by atoms with Gasteiger partial charge in [0, 0.05) is 19.5 Å². The molecule has 5 nitrogen and oxygen atoms in total. The van der Waals surface area contributed by atoms with Gasteiger partial charge in [0.2, 0.25) is 0 Å². The first-order valence-corrected chi connectivity index (χ1v) is 9.60. The minimum atomic E-state index is -0.719. The van der Waals surface area contributed by atoms with Crippen LogP contribution >= 0.6 is 0 Å². The van der Waals surface area contributed by atoms with Gasteiger partial charge in [-0.25, -0.2) is 5.84 Å². The lowest BCUT2D eigenvalue weighted by Gasteiger charge is -2.29. The molecule has 0 bridgehead atoms. The first-order valence-electron chi connectivity index (χ1n) is 9.60. The number of benzene rings is 1. The number of rotatable bonds is 4. The maximum atomic E-state index is 11.2. The zero-order valence-corrected chi connectivity index (χ0v) is 15.2. The van der Waals surface area contributed by atoms with E-state index >= 15 is 0 Å². The van der Waals surface area contributed by atoms with E-state index in [1.165, 1.54) is 5.56 Å². The molecule has 2 heterocycles. The number of likely N-dealkylation sites (tertiary alicyclic amines) is 1. The molecule has 5 heteroatoms. The number of amidine groups is 1. The van der Waals surface area contributed by atoms with Crippen LogP contribution in [0.2, 0.25) is 0 Å². The molecule has 138 valence electrons. The molecule has 2 unspecified atom stereocenters. The van der Waals surface area contributed by atoms with Gasteiger partial charge >= 0.3 is 0 Å². The summed E-state index contributed by atoms with van der Waals surface area (Å²) in [6, 6.07) is 10.7. The quantitative estimate of drug-likeness (QED) is 0.818. The summed E-state index contributed by atoms with van der Waals surface area (Å²) in [4.78, 5) is 7.21. The van der Waals surface area contributed by atoms with Gasteiger partial charge in [0.25, 0.3) is 0 Å². The number of hydrogen-bond donors (Lipinski definition) is 2. The third kappa shape index (κ3) is 3.75. The molecule has 4 rings (SSSR count). The fraction of sp³-hybridized carbons (Fsp3) is 0.476. The van der Waals surface area contributed by atoms with E-state index in [1.807, 2.05) is 18.2 Å². The molecular formula is C21H28N4O. The Hall–Kier alpha value is -1.95. The average molecular weight is 352 g/mol. The van der Waals surface area contributed by atoms with Crippen molar-refractivity contribution in [1.29, 1.82) is 0 Å². The van der Waals surface area contributed by atoms with Gasteiger partial charge in [-0.05, 0) is 43.9 Å². The van der Waals surface area contributed by atoms with Crippen molar-refractivity contribution >= 4 is 5.84 Å². The maximum absolute atomic E-state index is 11.2. The van der Waals surface area contributed by atoms with Crippen LogP contribution in [0.4, 0.5) is 0 Å². The highest BCUT2D eigenvalue weighted by Crippen LogP contribution is 2.32. The van der Waals surface area contributed by atoms with E-state index in [0.717, 1.165) is 56.9 Å². The molecule has 2 aliphatic heterocycles. The van der Waals surface area contributed by atoms with Gasteiger partial charge in [0.05, 0.1) is 17.3 Å². The van der Waals surface area contributed by atoms with E-state index in [9.17, 15) is 5.11 Å². The summed E-state index contributed by atoms with van der Waals surface area (Å²) in [5.41, 5.74) is 1.66. The normalized spacial score (nSPS) is 29.2. The first kappa shape index (κ1) is 17.5. The second-order valence-electron chi connectivity index (χ2n) is 7.70. The molecule has 3 aliphatic rings. The predicted molar refractivity (Wildman–Crippen MR) is 104 cm³/mol. The summed E-state index contributed by atoms with van der Waals surface area (Å²) in [5, 5.41) is 12.9. The molecule has 2 atom stereocenters. The summed E-state index contributed by atoms with van der Waals surface area (Å²) < 4.78 is 0. The Kier molecular flexibility index (Phi) is 4.94. The van der Waals surface area contributed by atoms with Crippen LogP contribution in [0.15, 0.2) is 59.2 Å². The van der Waals surface area contributed by atoms with E-state index in [4.69, 9.17) is 10.8 Å². The molecule has 1 fully saturated rings. The van der Waals surface area contributed by atoms with Gasteiger partial charge in [0.15, 0.2) is 0 Å². The van der Waals surface area contributed by atoms with Crippen LogP contribution in [-0.4, -0.2) is 45.6 Å². The van der Waals surface area contributed by atoms with E-state index in [1.54, 1.807) is 5.01 Å². The van der Waals surface area contributed by atoms with Crippen molar-refractivity contribution in [2.75, 3.05) is 13.1 Å². The lowest BCUT2D eigenvalue weighted by atomic mass is 9.90. The fourth-order valence-corrected chi connectivity index (χ4v) is 4.19. The Morgan fingerprint density at radius 3 is 2.85 bits per heavy atom. The van der Waals surface area contributed by atoms with Crippen molar-refractivity contribution in [1.82, 2.24) is 9.91 Å². The zero-order valence-electron chi connectivity index (χ0n) is 15.2. The molecule has 0 aromatic heterocycles. The van der Waals surface area contributed by atoms with Crippen LogP contribution in [0.5, 0.6) is 0 Å². The summed E-state index contributed by atoms with van der Waals surface area (Å²) in [5.74, 6) is 7.08. The lowest BCUT2D eigenvalue weighted by Crippen LogP contribution is -2.41. The van der Waals surface area contributed by atoms with E-state index < -0.39 is 5.60 Å². The number of nitrogens with two attached hydrogens (primary N) is 1. The highest BCUT2D eigenvalue weighted by Gasteiger charge is 2.37. The van der Waals surface area contributed by atoms with E-state index in [2.05, 4.69) is 35.2 Å². The topological polar surface area (TPSA) is 65.1 Å². The second-order valence-corrected chi connectivity index (χ2v) is 7.70.